The van der Waals surface area contributed by atoms with Crippen molar-refractivity contribution in [2.24, 2.45) is 0 Å². The molecule has 0 saturated carbocycles. The van der Waals surface area contributed by atoms with Gasteiger partial charge in [0.05, 0.1) is 0 Å². The van der Waals surface area contributed by atoms with E-state index >= 15 is 0 Å². The smallest absolute Gasteiger partial charge is 0.308 e. The summed E-state index contributed by atoms with van der Waals surface area (Å²) in [6, 6.07) is 10.1. The second-order valence-electron chi connectivity index (χ2n) is 4.22. The minimum atomic E-state index is -1.00. The number of anilines is 2. The Hall–Kier alpha value is -2.43. The molecular weight excluding hydrogens is 262 g/mol. The highest BCUT2D eigenvalue weighted by Crippen LogP contribution is 2.17. The van der Waals surface area contributed by atoms with Gasteiger partial charge in [0, 0.05) is 17.4 Å². The van der Waals surface area contributed by atoms with Gasteiger partial charge < -0.3 is 10.6 Å². The fraction of sp³-hybridized carbons (Fsp3) is 0.133. The Morgan fingerprint density at radius 1 is 1.05 bits per heavy atom. The summed E-state index contributed by atoms with van der Waals surface area (Å²) >= 11 is 0. The molecule has 0 fully saturated rings. The average Bonchev–Trinajstić information content (AvgIpc) is 2.43. The van der Waals surface area contributed by atoms with Crippen LogP contribution in [0.3, 0.4) is 0 Å². The fourth-order valence-electron chi connectivity index (χ4n) is 1.81. The van der Waals surface area contributed by atoms with Gasteiger partial charge in [0.25, 0.3) is 0 Å². The lowest BCUT2D eigenvalue weighted by Crippen LogP contribution is -2.20. The van der Waals surface area contributed by atoms with E-state index in [4.69, 9.17) is 0 Å². The van der Waals surface area contributed by atoms with Crippen LogP contribution in [0.4, 0.5) is 25.0 Å². The van der Waals surface area contributed by atoms with E-state index in [1.54, 1.807) is 6.07 Å². The summed E-state index contributed by atoms with van der Waals surface area (Å²) in [5.41, 5.74) is 1.87. The molecule has 2 aromatic rings. The minimum Gasteiger partial charge on any atom is -0.308 e. The molecule has 0 saturated heterocycles. The van der Waals surface area contributed by atoms with Crippen molar-refractivity contribution in [2.45, 2.75) is 13.3 Å². The van der Waals surface area contributed by atoms with E-state index in [0.717, 1.165) is 24.1 Å². The molecule has 3 nitrogen and oxygen atoms in total. The maximum Gasteiger partial charge on any atom is 0.323 e. The molecule has 0 bridgehead atoms. The van der Waals surface area contributed by atoms with Crippen LogP contribution in [0.5, 0.6) is 0 Å². The molecule has 104 valence electrons. The molecule has 0 aliphatic rings. The van der Waals surface area contributed by atoms with Crippen LogP contribution in [0.1, 0.15) is 12.5 Å². The lowest BCUT2D eigenvalue weighted by Gasteiger charge is -2.11. The van der Waals surface area contributed by atoms with Gasteiger partial charge in [-0.3, -0.25) is 0 Å². The van der Waals surface area contributed by atoms with E-state index in [9.17, 15) is 13.6 Å². The van der Waals surface area contributed by atoms with Crippen LogP contribution >= 0.6 is 0 Å². The third kappa shape index (κ3) is 3.32. The predicted molar refractivity (Wildman–Crippen MR) is 74.8 cm³/mol. The number of hydrogen-bond acceptors (Lipinski definition) is 1. The Morgan fingerprint density at radius 3 is 2.50 bits per heavy atom. The number of halogens is 2. The zero-order valence-corrected chi connectivity index (χ0v) is 10.9. The van der Waals surface area contributed by atoms with E-state index in [0.29, 0.717) is 5.69 Å². The minimum absolute atomic E-state index is 0.190. The third-order valence-electron chi connectivity index (χ3n) is 2.82. The Bertz CT molecular complexity index is 629. The Kier molecular flexibility index (Phi) is 4.30. The van der Waals surface area contributed by atoms with Crippen LogP contribution < -0.4 is 10.6 Å². The summed E-state index contributed by atoms with van der Waals surface area (Å²) < 4.78 is 25.8. The highest BCUT2D eigenvalue weighted by molar-refractivity contribution is 6.00. The molecule has 0 aliphatic heterocycles. The lowest BCUT2D eigenvalue weighted by molar-refractivity contribution is 0.262. The van der Waals surface area contributed by atoms with E-state index in [-0.39, 0.29) is 5.69 Å². The molecule has 0 aliphatic carbocycles. The topological polar surface area (TPSA) is 41.1 Å². The second-order valence-corrected chi connectivity index (χ2v) is 4.22. The molecule has 2 aromatic carbocycles. The molecule has 2 amide bonds. The first-order valence-corrected chi connectivity index (χ1v) is 6.21. The van der Waals surface area contributed by atoms with Gasteiger partial charge in [0.15, 0.2) is 11.6 Å². The number of carbonyl (C=O) groups excluding carboxylic acids is 1. The Morgan fingerprint density at radius 2 is 1.80 bits per heavy atom. The van der Waals surface area contributed by atoms with Gasteiger partial charge >= 0.3 is 6.03 Å². The van der Waals surface area contributed by atoms with Crippen molar-refractivity contribution in [3.05, 3.63) is 59.7 Å². The molecule has 0 unspecified atom stereocenters. The van der Waals surface area contributed by atoms with Crippen LogP contribution in [-0.2, 0) is 6.42 Å². The zero-order valence-electron chi connectivity index (χ0n) is 10.9. The van der Waals surface area contributed by atoms with E-state index < -0.39 is 17.7 Å². The monoisotopic (exact) mass is 276 g/mol. The van der Waals surface area contributed by atoms with Crippen molar-refractivity contribution in [3.63, 3.8) is 0 Å². The molecule has 20 heavy (non-hydrogen) atoms. The van der Waals surface area contributed by atoms with Gasteiger partial charge in [0.2, 0.25) is 0 Å². The van der Waals surface area contributed by atoms with Crippen molar-refractivity contribution < 1.29 is 13.6 Å². The van der Waals surface area contributed by atoms with Crippen LogP contribution in [0.15, 0.2) is 42.5 Å². The number of amides is 2. The number of carbonyl (C=O) groups is 1. The largest absolute Gasteiger partial charge is 0.323 e. The Labute approximate surface area is 115 Å². The first-order valence-electron chi connectivity index (χ1n) is 6.21. The molecule has 0 atom stereocenters. The molecule has 2 rings (SSSR count). The number of para-hydroxylation sites is 1. The van der Waals surface area contributed by atoms with Crippen molar-refractivity contribution in [3.8, 4) is 0 Å². The number of aryl methyl sites for hydroxylation is 1. The first kappa shape index (κ1) is 14.0. The third-order valence-corrected chi connectivity index (χ3v) is 2.82. The van der Waals surface area contributed by atoms with Crippen molar-refractivity contribution in [2.75, 3.05) is 10.6 Å². The number of nitrogens with one attached hydrogen (secondary N) is 2. The number of urea groups is 1. The summed E-state index contributed by atoms with van der Waals surface area (Å²) in [5, 5.41) is 5.13. The predicted octanol–water partition coefficient (Wildman–Crippen LogP) is 4.17. The van der Waals surface area contributed by atoms with E-state index in [1.807, 2.05) is 25.1 Å². The van der Waals surface area contributed by atoms with Crippen LogP contribution in [0, 0.1) is 11.6 Å². The maximum atomic E-state index is 13.0. The molecular formula is C15H14F2N2O. The molecule has 0 aromatic heterocycles. The maximum absolute atomic E-state index is 13.0. The highest BCUT2D eigenvalue weighted by atomic mass is 19.2. The summed E-state index contributed by atoms with van der Waals surface area (Å²) in [5.74, 6) is -1.95. The molecule has 2 N–H and O–H groups in total. The lowest BCUT2D eigenvalue weighted by atomic mass is 10.1. The number of hydrogen-bond donors (Lipinski definition) is 2. The van der Waals surface area contributed by atoms with Gasteiger partial charge in [-0.2, -0.15) is 0 Å². The van der Waals surface area contributed by atoms with Crippen LogP contribution in [-0.4, -0.2) is 6.03 Å². The van der Waals surface area contributed by atoms with Crippen LogP contribution in [0.2, 0.25) is 0 Å². The van der Waals surface area contributed by atoms with Gasteiger partial charge in [-0.05, 0) is 30.2 Å². The van der Waals surface area contributed by atoms with Gasteiger partial charge in [-0.15, -0.1) is 0 Å². The SMILES string of the molecule is CCc1ccccc1NC(=O)Nc1ccc(F)c(F)c1. The van der Waals surface area contributed by atoms with Crippen molar-refractivity contribution in [1.82, 2.24) is 0 Å². The summed E-state index contributed by atoms with van der Waals surface area (Å²) in [7, 11) is 0. The van der Waals surface area contributed by atoms with Crippen LogP contribution in [0.25, 0.3) is 0 Å². The summed E-state index contributed by atoms with van der Waals surface area (Å²) in [4.78, 5) is 11.8. The quantitative estimate of drug-likeness (QED) is 0.867. The average molecular weight is 276 g/mol. The highest BCUT2D eigenvalue weighted by Gasteiger charge is 2.07. The molecule has 0 heterocycles. The Balaban J connectivity index is 2.07. The van der Waals surface area contributed by atoms with E-state index in [2.05, 4.69) is 10.6 Å². The normalized spacial score (nSPS) is 10.2. The van der Waals surface area contributed by atoms with Crippen molar-refractivity contribution in [1.29, 1.82) is 0 Å². The second kappa shape index (κ2) is 6.14. The zero-order chi connectivity index (χ0) is 14.5. The fourth-order valence-corrected chi connectivity index (χ4v) is 1.81. The summed E-state index contributed by atoms with van der Waals surface area (Å²) in [6.07, 6.45) is 0.779. The molecule has 0 radical (unpaired) electrons. The van der Waals surface area contributed by atoms with Gasteiger partial charge in [-0.1, -0.05) is 25.1 Å². The van der Waals surface area contributed by atoms with Gasteiger partial charge in [-0.25, -0.2) is 13.6 Å². The summed E-state index contributed by atoms with van der Waals surface area (Å²) in [6.45, 7) is 1.98. The standard InChI is InChI=1S/C15H14F2N2O/c1-2-10-5-3-4-6-14(10)19-15(20)18-11-7-8-12(16)13(17)9-11/h3-9H,2H2,1H3,(H2,18,19,20). The van der Waals surface area contributed by atoms with Crippen molar-refractivity contribution >= 4 is 17.4 Å². The molecule has 5 heteroatoms. The number of benzene rings is 2. The first-order chi connectivity index (χ1) is 9.60. The number of rotatable bonds is 3. The van der Waals surface area contributed by atoms with Gasteiger partial charge in [0.1, 0.15) is 0 Å². The molecule has 0 spiro atoms. The van der Waals surface area contributed by atoms with E-state index in [1.165, 1.54) is 6.07 Å².